The molecule has 0 aliphatic carbocycles. The molecule has 1 aromatic carbocycles. The Kier molecular flexibility index (Phi) is 5.90. The van der Waals surface area contributed by atoms with Gasteiger partial charge in [-0.3, -0.25) is 14.4 Å². The second-order valence-corrected chi connectivity index (χ2v) is 6.09. The van der Waals surface area contributed by atoms with Crippen molar-refractivity contribution < 1.29 is 28.3 Å². The number of anilines is 1. The van der Waals surface area contributed by atoms with E-state index >= 15 is 0 Å². The maximum atomic E-state index is 13.8. The molecular formula is C19H16F2N4O5. The minimum atomic E-state index is -1.11. The number of aromatic nitrogens is 2. The number of nitrogens with one attached hydrogen (secondary N) is 2. The van der Waals surface area contributed by atoms with Crippen LogP contribution in [0.25, 0.3) is 11.0 Å². The molecule has 3 N–H and O–H groups in total. The molecule has 30 heavy (non-hydrogen) atoms. The van der Waals surface area contributed by atoms with Crippen molar-refractivity contribution in [2.24, 2.45) is 0 Å². The summed E-state index contributed by atoms with van der Waals surface area (Å²) in [5, 5.41) is 15.3. The average molecular weight is 418 g/mol. The Morgan fingerprint density at radius 2 is 2.03 bits per heavy atom. The molecular weight excluding hydrogens is 402 g/mol. The molecule has 0 aliphatic heterocycles. The highest BCUT2D eigenvalue weighted by Gasteiger charge is 2.23. The van der Waals surface area contributed by atoms with Crippen LogP contribution in [0.1, 0.15) is 15.9 Å². The van der Waals surface area contributed by atoms with Crippen LogP contribution in [0, 0.1) is 11.6 Å². The van der Waals surface area contributed by atoms with Crippen molar-refractivity contribution in [3.05, 3.63) is 69.6 Å². The van der Waals surface area contributed by atoms with Gasteiger partial charge in [0.25, 0.3) is 11.5 Å². The molecule has 0 fully saturated rings. The number of ether oxygens (including phenoxy) is 1. The standard InChI is InChI=1S/C19H16F2N4O5/c1-30-14(26)9-23-16-12-3-2-6-22-17(12)25(29)19(28)15(16)18(27)24-8-10-4-5-11(20)7-13(10)21/h2-7,23,29H,8-9H2,1H3,(H,24,27). The van der Waals surface area contributed by atoms with Crippen molar-refractivity contribution in [3.63, 3.8) is 0 Å². The molecule has 0 bridgehead atoms. The number of nitrogens with zero attached hydrogens (tertiary/aromatic N) is 2. The van der Waals surface area contributed by atoms with Gasteiger partial charge in [0.05, 0.1) is 12.8 Å². The van der Waals surface area contributed by atoms with Crippen LogP contribution >= 0.6 is 0 Å². The van der Waals surface area contributed by atoms with Gasteiger partial charge in [-0.25, -0.2) is 13.8 Å². The van der Waals surface area contributed by atoms with Crippen LogP contribution in [0.2, 0.25) is 0 Å². The normalized spacial score (nSPS) is 10.6. The van der Waals surface area contributed by atoms with Crippen molar-refractivity contribution in [1.29, 1.82) is 0 Å². The average Bonchev–Trinajstić information content (AvgIpc) is 2.74. The highest BCUT2D eigenvalue weighted by Crippen LogP contribution is 2.23. The Hall–Kier alpha value is -4.02. The molecule has 156 valence electrons. The molecule has 2 heterocycles. The number of esters is 1. The summed E-state index contributed by atoms with van der Waals surface area (Å²) < 4.78 is 31.6. The number of benzene rings is 1. The molecule has 0 aliphatic rings. The molecule has 9 nitrogen and oxygen atoms in total. The minimum absolute atomic E-state index is 0.0133. The van der Waals surface area contributed by atoms with E-state index in [0.717, 1.165) is 12.1 Å². The van der Waals surface area contributed by atoms with Crippen LogP contribution in [0.5, 0.6) is 0 Å². The summed E-state index contributed by atoms with van der Waals surface area (Å²) in [7, 11) is 1.17. The van der Waals surface area contributed by atoms with Crippen LogP contribution in [0.4, 0.5) is 14.5 Å². The Labute approximate surface area is 167 Å². The highest BCUT2D eigenvalue weighted by atomic mass is 19.1. The zero-order valence-electron chi connectivity index (χ0n) is 15.6. The molecule has 0 spiro atoms. The lowest BCUT2D eigenvalue weighted by Crippen LogP contribution is -2.34. The number of fused-ring (bicyclic) bond motifs is 1. The molecule has 3 rings (SSSR count). The fourth-order valence-corrected chi connectivity index (χ4v) is 2.76. The van der Waals surface area contributed by atoms with Gasteiger partial charge in [0.15, 0.2) is 5.65 Å². The van der Waals surface area contributed by atoms with Crippen molar-refractivity contribution in [3.8, 4) is 0 Å². The predicted molar refractivity (Wildman–Crippen MR) is 101 cm³/mol. The Balaban J connectivity index is 2.02. The van der Waals surface area contributed by atoms with Crippen molar-refractivity contribution in [2.75, 3.05) is 19.0 Å². The first kappa shape index (κ1) is 20.7. The largest absolute Gasteiger partial charge is 0.468 e. The van der Waals surface area contributed by atoms with Crippen LogP contribution in [-0.4, -0.2) is 40.5 Å². The monoisotopic (exact) mass is 418 g/mol. The first-order chi connectivity index (χ1) is 14.3. The van der Waals surface area contributed by atoms with Crippen LogP contribution < -0.4 is 16.2 Å². The SMILES string of the molecule is COC(=O)CNc1c(C(=O)NCc2ccc(F)cc2F)c(=O)n(O)c2ncccc12. The zero-order chi connectivity index (χ0) is 21.8. The van der Waals surface area contributed by atoms with Crippen LogP contribution in [-0.2, 0) is 16.1 Å². The van der Waals surface area contributed by atoms with Crippen LogP contribution in [0.3, 0.4) is 0 Å². The lowest BCUT2D eigenvalue weighted by Gasteiger charge is -2.15. The summed E-state index contributed by atoms with van der Waals surface area (Å²) in [5.74, 6) is -3.27. The van der Waals surface area contributed by atoms with E-state index in [1.807, 2.05) is 0 Å². The summed E-state index contributed by atoms with van der Waals surface area (Å²) in [6.45, 7) is -0.723. The molecule has 2 aromatic heterocycles. The molecule has 0 saturated heterocycles. The highest BCUT2D eigenvalue weighted by molar-refractivity contribution is 6.06. The van der Waals surface area contributed by atoms with Gasteiger partial charge in [-0.2, -0.15) is 0 Å². The Bertz CT molecular complexity index is 1200. The van der Waals surface area contributed by atoms with Gasteiger partial charge in [0.1, 0.15) is 23.7 Å². The van der Waals surface area contributed by atoms with Crippen molar-refractivity contribution in [1.82, 2.24) is 15.0 Å². The molecule has 0 saturated carbocycles. The zero-order valence-corrected chi connectivity index (χ0v) is 15.6. The van der Waals surface area contributed by atoms with Gasteiger partial charge < -0.3 is 20.6 Å². The second kappa shape index (κ2) is 8.55. The topological polar surface area (TPSA) is 123 Å². The Morgan fingerprint density at radius 1 is 1.27 bits per heavy atom. The first-order valence-electron chi connectivity index (χ1n) is 8.59. The number of carbonyl (C=O) groups excluding carboxylic acids is 2. The molecule has 11 heteroatoms. The smallest absolute Gasteiger partial charge is 0.325 e. The third kappa shape index (κ3) is 4.04. The number of halogens is 2. The number of rotatable bonds is 6. The predicted octanol–water partition coefficient (Wildman–Crippen LogP) is 1.43. The molecule has 3 aromatic rings. The van der Waals surface area contributed by atoms with Gasteiger partial charge in [-0.05, 0) is 18.2 Å². The minimum Gasteiger partial charge on any atom is -0.468 e. The second-order valence-electron chi connectivity index (χ2n) is 6.09. The van der Waals surface area contributed by atoms with E-state index in [9.17, 15) is 28.4 Å². The molecule has 0 radical (unpaired) electrons. The fraction of sp³-hybridized carbons (Fsp3) is 0.158. The van der Waals surface area contributed by atoms with Gasteiger partial charge in [-0.15, -0.1) is 4.73 Å². The summed E-state index contributed by atoms with van der Waals surface area (Å²) in [4.78, 5) is 40.8. The van der Waals surface area contributed by atoms with Gasteiger partial charge in [0.2, 0.25) is 0 Å². The third-order valence-corrected chi connectivity index (χ3v) is 4.23. The summed E-state index contributed by atoms with van der Waals surface area (Å²) in [6, 6.07) is 5.82. The Morgan fingerprint density at radius 3 is 2.73 bits per heavy atom. The molecule has 1 amide bonds. The maximum absolute atomic E-state index is 13.8. The van der Waals surface area contributed by atoms with Crippen molar-refractivity contribution >= 4 is 28.6 Å². The lowest BCUT2D eigenvalue weighted by atomic mass is 10.1. The molecule has 0 atom stereocenters. The molecule has 0 unspecified atom stereocenters. The van der Waals surface area contributed by atoms with E-state index < -0.39 is 34.6 Å². The van der Waals surface area contributed by atoms with Crippen molar-refractivity contribution in [2.45, 2.75) is 6.54 Å². The number of carbonyl (C=O) groups is 2. The number of hydrogen-bond donors (Lipinski definition) is 3. The lowest BCUT2D eigenvalue weighted by molar-refractivity contribution is -0.138. The van der Waals surface area contributed by atoms with Gasteiger partial charge in [0, 0.05) is 29.8 Å². The van der Waals surface area contributed by atoms with E-state index in [0.29, 0.717) is 6.07 Å². The maximum Gasteiger partial charge on any atom is 0.325 e. The number of methoxy groups -OCH3 is 1. The summed E-state index contributed by atoms with van der Waals surface area (Å²) >= 11 is 0. The fourth-order valence-electron chi connectivity index (χ4n) is 2.76. The number of amides is 1. The number of hydrogen-bond acceptors (Lipinski definition) is 7. The number of pyridine rings is 2. The quantitative estimate of drug-likeness (QED) is 0.409. The third-order valence-electron chi connectivity index (χ3n) is 4.23. The summed E-state index contributed by atoms with van der Waals surface area (Å²) in [5.41, 5.74) is -1.84. The van der Waals surface area contributed by atoms with E-state index in [1.165, 1.54) is 25.4 Å². The summed E-state index contributed by atoms with van der Waals surface area (Å²) in [6.07, 6.45) is 1.33. The van der Waals surface area contributed by atoms with E-state index in [1.54, 1.807) is 0 Å². The van der Waals surface area contributed by atoms with E-state index in [-0.39, 0.29) is 40.1 Å². The van der Waals surface area contributed by atoms with Gasteiger partial charge >= 0.3 is 5.97 Å². The van der Waals surface area contributed by atoms with Crippen LogP contribution in [0.15, 0.2) is 41.3 Å². The first-order valence-corrected chi connectivity index (χ1v) is 8.59. The van der Waals surface area contributed by atoms with Gasteiger partial charge in [-0.1, -0.05) is 6.07 Å². The van der Waals surface area contributed by atoms with E-state index in [4.69, 9.17) is 0 Å². The van der Waals surface area contributed by atoms with E-state index in [2.05, 4.69) is 20.4 Å².